The number of aryl methyl sites for hydroxylation is 1. The van der Waals surface area contributed by atoms with Gasteiger partial charge in [-0.15, -0.1) is 11.3 Å². The van der Waals surface area contributed by atoms with Gasteiger partial charge >= 0.3 is 0 Å². The smallest absolute Gasteiger partial charge is 0.0925 e. The van der Waals surface area contributed by atoms with Crippen LogP contribution in [0.15, 0.2) is 24.5 Å². The van der Waals surface area contributed by atoms with Crippen molar-refractivity contribution < 1.29 is 0 Å². The lowest BCUT2D eigenvalue weighted by atomic mass is 10.4. The summed E-state index contributed by atoms with van der Waals surface area (Å²) >= 11 is 1.76. The Bertz CT molecular complexity index is 427. The van der Waals surface area contributed by atoms with Gasteiger partial charge < -0.3 is 5.32 Å². The van der Waals surface area contributed by atoms with E-state index in [0.717, 1.165) is 25.2 Å². The topological polar surface area (TPSA) is 50.7 Å². The Morgan fingerprint density at radius 2 is 2.31 bits per heavy atom. The lowest BCUT2D eigenvalue weighted by molar-refractivity contribution is 0.675. The molecule has 0 saturated carbocycles. The molecule has 4 nitrogen and oxygen atoms in total. The van der Waals surface area contributed by atoms with Gasteiger partial charge in [0.25, 0.3) is 0 Å². The predicted octanol–water partition coefficient (Wildman–Crippen LogP) is 1.79. The molecule has 0 atom stereocenters. The molecule has 5 heteroatoms. The summed E-state index contributed by atoms with van der Waals surface area (Å²) in [6, 6.07) is 3.86. The molecule has 2 aromatic rings. The Balaban J connectivity index is 1.80. The Labute approximate surface area is 98.8 Å². The van der Waals surface area contributed by atoms with Gasteiger partial charge in [0.15, 0.2) is 0 Å². The SMILES string of the molecule is CCc1ncc(CNCc2cccnn2)s1. The molecular formula is C11H14N4S. The van der Waals surface area contributed by atoms with E-state index in [1.54, 1.807) is 17.5 Å². The fourth-order valence-corrected chi connectivity index (χ4v) is 2.17. The van der Waals surface area contributed by atoms with Crippen molar-refractivity contribution in [3.05, 3.63) is 40.1 Å². The van der Waals surface area contributed by atoms with E-state index >= 15 is 0 Å². The van der Waals surface area contributed by atoms with Gasteiger partial charge in [-0.1, -0.05) is 6.92 Å². The normalized spacial score (nSPS) is 10.6. The molecule has 84 valence electrons. The first-order chi connectivity index (χ1) is 7.88. The van der Waals surface area contributed by atoms with Gasteiger partial charge in [-0.05, 0) is 18.6 Å². The maximum atomic E-state index is 4.31. The highest BCUT2D eigenvalue weighted by molar-refractivity contribution is 7.11. The van der Waals surface area contributed by atoms with E-state index in [9.17, 15) is 0 Å². The molecule has 0 aromatic carbocycles. The molecule has 2 heterocycles. The number of nitrogens with one attached hydrogen (secondary N) is 1. The summed E-state index contributed by atoms with van der Waals surface area (Å²) in [6.45, 7) is 3.71. The van der Waals surface area contributed by atoms with Crippen molar-refractivity contribution >= 4 is 11.3 Å². The number of nitrogens with zero attached hydrogens (tertiary/aromatic N) is 3. The average molecular weight is 234 g/mol. The van der Waals surface area contributed by atoms with Crippen LogP contribution in [0.2, 0.25) is 0 Å². The minimum absolute atomic E-state index is 0.743. The molecule has 0 aliphatic rings. The highest BCUT2D eigenvalue weighted by Gasteiger charge is 2.00. The van der Waals surface area contributed by atoms with Crippen LogP contribution in [0, 0.1) is 0 Å². The number of aromatic nitrogens is 3. The van der Waals surface area contributed by atoms with E-state index in [1.165, 1.54) is 9.88 Å². The summed E-state index contributed by atoms with van der Waals surface area (Å²) in [7, 11) is 0. The molecular weight excluding hydrogens is 220 g/mol. The molecule has 16 heavy (non-hydrogen) atoms. The third-order valence-electron chi connectivity index (χ3n) is 2.14. The molecule has 2 rings (SSSR count). The summed E-state index contributed by atoms with van der Waals surface area (Å²) in [5.74, 6) is 0. The zero-order chi connectivity index (χ0) is 11.2. The van der Waals surface area contributed by atoms with Crippen LogP contribution in [0.5, 0.6) is 0 Å². The molecule has 1 N–H and O–H groups in total. The highest BCUT2D eigenvalue weighted by Crippen LogP contribution is 2.12. The van der Waals surface area contributed by atoms with E-state index in [4.69, 9.17) is 0 Å². The zero-order valence-electron chi connectivity index (χ0n) is 9.18. The van der Waals surface area contributed by atoms with Crippen molar-refractivity contribution in [3.8, 4) is 0 Å². The zero-order valence-corrected chi connectivity index (χ0v) is 10.00. The summed E-state index contributed by atoms with van der Waals surface area (Å²) < 4.78 is 0. The Morgan fingerprint density at radius 3 is 3.00 bits per heavy atom. The minimum Gasteiger partial charge on any atom is -0.306 e. The van der Waals surface area contributed by atoms with Gasteiger partial charge in [-0.2, -0.15) is 10.2 Å². The minimum atomic E-state index is 0.743. The van der Waals surface area contributed by atoms with E-state index < -0.39 is 0 Å². The maximum absolute atomic E-state index is 4.31. The number of thiazole rings is 1. The van der Waals surface area contributed by atoms with Gasteiger partial charge in [0.1, 0.15) is 0 Å². The molecule has 0 spiro atoms. The Morgan fingerprint density at radius 1 is 1.38 bits per heavy atom. The fraction of sp³-hybridized carbons (Fsp3) is 0.364. The predicted molar refractivity (Wildman–Crippen MR) is 64.1 cm³/mol. The summed E-state index contributed by atoms with van der Waals surface area (Å²) in [5, 5.41) is 12.3. The lowest BCUT2D eigenvalue weighted by Gasteiger charge is -2.00. The van der Waals surface area contributed by atoms with Crippen molar-refractivity contribution in [3.63, 3.8) is 0 Å². The summed E-state index contributed by atoms with van der Waals surface area (Å²) in [5.41, 5.74) is 0.961. The van der Waals surface area contributed by atoms with Crippen molar-refractivity contribution in [2.45, 2.75) is 26.4 Å². The van der Waals surface area contributed by atoms with Gasteiger partial charge in [0.2, 0.25) is 0 Å². The second-order valence-corrected chi connectivity index (χ2v) is 4.59. The van der Waals surface area contributed by atoms with E-state index in [2.05, 4.69) is 27.4 Å². The molecule has 0 aliphatic heterocycles. The van der Waals surface area contributed by atoms with Gasteiger partial charge in [-0.3, -0.25) is 0 Å². The number of hydrogen-bond donors (Lipinski definition) is 1. The maximum Gasteiger partial charge on any atom is 0.0925 e. The second-order valence-electron chi connectivity index (χ2n) is 3.39. The van der Waals surface area contributed by atoms with Crippen LogP contribution in [-0.2, 0) is 19.5 Å². The molecule has 0 unspecified atom stereocenters. The quantitative estimate of drug-likeness (QED) is 0.857. The van der Waals surface area contributed by atoms with Gasteiger partial charge in [0.05, 0.1) is 10.7 Å². The molecule has 0 amide bonds. The molecule has 0 aliphatic carbocycles. The first-order valence-electron chi connectivity index (χ1n) is 5.29. The molecule has 2 aromatic heterocycles. The number of hydrogen-bond acceptors (Lipinski definition) is 5. The van der Waals surface area contributed by atoms with Crippen LogP contribution in [0.4, 0.5) is 0 Å². The first-order valence-corrected chi connectivity index (χ1v) is 6.11. The average Bonchev–Trinajstić information content (AvgIpc) is 2.78. The lowest BCUT2D eigenvalue weighted by Crippen LogP contribution is -2.13. The summed E-state index contributed by atoms with van der Waals surface area (Å²) in [4.78, 5) is 5.58. The van der Waals surface area contributed by atoms with Gasteiger partial charge in [-0.25, -0.2) is 4.98 Å². The monoisotopic (exact) mass is 234 g/mol. The van der Waals surface area contributed by atoms with Crippen LogP contribution < -0.4 is 5.32 Å². The standard InChI is InChI=1S/C11H14N4S/c1-2-11-13-8-10(16-11)7-12-6-9-4-3-5-14-15-9/h3-5,8,12H,2,6-7H2,1H3. The van der Waals surface area contributed by atoms with Crippen molar-refractivity contribution in [2.24, 2.45) is 0 Å². The number of rotatable bonds is 5. The van der Waals surface area contributed by atoms with Crippen molar-refractivity contribution in [2.75, 3.05) is 0 Å². The molecule has 0 fully saturated rings. The largest absolute Gasteiger partial charge is 0.306 e. The van der Waals surface area contributed by atoms with Gasteiger partial charge in [0, 0.05) is 30.4 Å². The molecule has 0 radical (unpaired) electrons. The van der Waals surface area contributed by atoms with Crippen LogP contribution in [0.3, 0.4) is 0 Å². The van der Waals surface area contributed by atoms with E-state index in [-0.39, 0.29) is 0 Å². The second kappa shape index (κ2) is 5.67. The molecule has 0 saturated heterocycles. The van der Waals surface area contributed by atoms with E-state index in [1.807, 2.05) is 18.3 Å². The van der Waals surface area contributed by atoms with Crippen molar-refractivity contribution in [1.29, 1.82) is 0 Å². The van der Waals surface area contributed by atoms with Crippen LogP contribution in [-0.4, -0.2) is 15.2 Å². The third kappa shape index (κ3) is 3.08. The first kappa shape index (κ1) is 11.2. The Hall–Kier alpha value is -1.33. The van der Waals surface area contributed by atoms with Crippen LogP contribution in [0.25, 0.3) is 0 Å². The van der Waals surface area contributed by atoms with Crippen molar-refractivity contribution in [1.82, 2.24) is 20.5 Å². The molecule has 0 bridgehead atoms. The fourth-order valence-electron chi connectivity index (χ4n) is 1.33. The Kier molecular flexibility index (Phi) is 3.96. The van der Waals surface area contributed by atoms with E-state index in [0.29, 0.717) is 0 Å². The third-order valence-corrected chi connectivity index (χ3v) is 3.28. The highest BCUT2D eigenvalue weighted by atomic mass is 32.1. The van der Waals surface area contributed by atoms with Crippen LogP contribution in [0.1, 0.15) is 22.5 Å². The van der Waals surface area contributed by atoms with Crippen LogP contribution >= 0.6 is 11.3 Å². The summed E-state index contributed by atoms with van der Waals surface area (Å²) in [6.07, 6.45) is 4.63.